The molecule has 134 valence electrons. The predicted molar refractivity (Wildman–Crippen MR) is 105 cm³/mol. The zero-order valence-electron chi connectivity index (χ0n) is 14.4. The van der Waals surface area contributed by atoms with E-state index in [-0.39, 0.29) is 11.0 Å². The molecule has 26 heavy (non-hydrogen) atoms. The van der Waals surface area contributed by atoms with Crippen molar-refractivity contribution >= 4 is 35.2 Å². The molecular formula is C19H19N3O3S. The Kier molecular flexibility index (Phi) is 6.87. The largest absolute Gasteiger partial charge is 0.496 e. The number of methoxy groups -OCH3 is 1. The van der Waals surface area contributed by atoms with E-state index in [1.54, 1.807) is 31.4 Å². The third kappa shape index (κ3) is 5.42. The number of thiocarbonyl (C=S) groups is 1. The number of para-hydroxylation sites is 1. The minimum atomic E-state index is -0.432. The standard InChI is InChI=1S/C19H19N3O3S/c1-13-7-3-5-9-15(13)18(24)21-22-19(26)20-17(23)12-11-14-8-4-6-10-16(14)25-2/h3-12H,1-2H3,(H,21,24)(H2,20,22,23,26)/b12-11+. The molecule has 2 amide bonds. The lowest BCUT2D eigenvalue weighted by atomic mass is 10.1. The smallest absolute Gasteiger partial charge is 0.269 e. The van der Waals surface area contributed by atoms with E-state index in [4.69, 9.17) is 17.0 Å². The molecule has 7 heteroatoms. The number of hydrazine groups is 1. The van der Waals surface area contributed by atoms with Crippen LogP contribution in [0.1, 0.15) is 21.5 Å². The van der Waals surface area contributed by atoms with Gasteiger partial charge >= 0.3 is 0 Å². The average molecular weight is 369 g/mol. The second-order valence-electron chi connectivity index (χ2n) is 5.29. The molecule has 0 aliphatic carbocycles. The molecule has 0 heterocycles. The van der Waals surface area contributed by atoms with Crippen molar-refractivity contribution < 1.29 is 14.3 Å². The summed E-state index contributed by atoms with van der Waals surface area (Å²) in [6, 6.07) is 14.4. The fourth-order valence-electron chi connectivity index (χ4n) is 2.16. The number of ether oxygens (including phenoxy) is 1. The zero-order valence-corrected chi connectivity index (χ0v) is 15.2. The minimum absolute atomic E-state index is 0.0124. The Bertz CT molecular complexity index is 849. The van der Waals surface area contributed by atoms with E-state index in [0.717, 1.165) is 11.1 Å². The van der Waals surface area contributed by atoms with Gasteiger partial charge in [-0.3, -0.25) is 25.8 Å². The van der Waals surface area contributed by atoms with Crippen molar-refractivity contribution in [2.24, 2.45) is 0 Å². The molecule has 0 aliphatic heterocycles. The van der Waals surface area contributed by atoms with E-state index < -0.39 is 5.91 Å². The number of benzene rings is 2. The molecule has 0 unspecified atom stereocenters. The van der Waals surface area contributed by atoms with Crippen LogP contribution in [0, 0.1) is 6.92 Å². The lowest BCUT2D eigenvalue weighted by Gasteiger charge is -2.11. The van der Waals surface area contributed by atoms with Crippen molar-refractivity contribution in [3.63, 3.8) is 0 Å². The molecule has 0 aromatic heterocycles. The molecule has 0 saturated carbocycles. The van der Waals surface area contributed by atoms with Crippen LogP contribution in [0.15, 0.2) is 54.6 Å². The van der Waals surface area contributed by atoms with Gasteiger partial charge in [-0.05, 0) is 42.9 Å². The van der Waals surface area contributed by atoms with Crippen LogP contribution >= 0.6 is 12.2 Å². The second-order valence-corrected chi connectivity index (χ2v) is 5.70. The summed E-state index contributed by atoms with van der Waals surface area (Å²) >= 11 is 4.99. The highest BCUT2D eigenvalue weighted by atomic mass is 32.1. The molecule has 0 radical (unpaired) electrons. The fourth-order valence-corrected chi connectivity index (χ4v) is 2.31. The van der Waals surface area contributed by atoms with Crippen LogP contribution in [-0.4, -0.2) is 24.0 Å². The Morgan fingerprint density at radius 2 is 1.73 bits per heavy atom. The van der Waals surface area contributed by atoms with Crippen LogP contribution < -0.4 is 20.9 Å². The summed E-state index contributed by atoms with van der Waals surface area (Å²) in [5.41, 5.74) is 7.06. The van der Waals surface area contributed by atoms with Crippen molar-refractivity contribution in [3.8, 4) is 5.75 Å². The monoisotopic (exact) mass is 369 g/mol. The summed E-state index contributed by atoms with van der Waals surface area (Å²) in [5, 5.41) is 2.44. The molecular weight excluding hydrogens is 350 g/mol. The summed E-state index contributed by atoms with van der Waals surface area (Å²) in [4.78, 5) is 24.0. The van der Waals surface area contributed by atoms with Crippen molar-refractivity contribution in [1.82, 2.24) is 16.2 Å². The molecule has 2 rings (SSSR count). The summed E-state index contributed by atoms with van der Waals surface area (Å²) in [6.45, 7) is 1.83. The number of hydrogen-bond donors (Lipinski definition) is 3. The Morgan fingerprint density at radius 3 is 2.46 bits per heavy atom. The summed E-state index contributed by atoms with van der Waals surface area (Å²) in [6.07, 6.45) is 2.94. The molecule has 0 aliphatic rings. The maximum atomic E-state index is 12.1. The van der Waals surface area contributed by atoms with Gasteiger partial charge in [0.05, 0.1) is 7.11 Å². The van der Waals surface area contributed by atoms with Crippen molar-refractivity contribution in [2.45, 2.75) is 6.92 Å². The lowest BCUT2D eigenvalue weighted by molar-refractivity contribution is -0.115. The molecule has 0 bridgehead atoms. The van der Waals surface area contributed by atoms with Crippen molar-refractivity contribution in [2.75, 3.05) is 7.11 Å². The maximum absolute atomic E-state index is 12.1. The zero-order chi connectivity index (χ0) is 18.9. The second kappa shape index (κ2) is 9.33. The minimum Gasteiger partial charge on any atom is -0.496 e. The van der Waals surface area contributed by atoms with Gasteiger partial charge in [-0.25, -0.2) is 0 Å². The van der Waals surface area contributed by atoms with Gasteiger partial charge in [-0.15, -0.1) is 0 Å². The van der Waals surface area contributed by atoms with E-state index >= 15 is 0 Å². The van der Waals surface area contributed by atoms with Gasteiger partial charge < -0.3 is 4.74 Å². The first-order valence-electron chi connectivity index (χ1n) is 7.79. The third-order valence-corrected chi connectivity index (χ3v) is 3.67. The van der Waals surface area contributed by atoms with Gasteiger partial charge in [-0.2, -0.15) is 0 Å². The van der Waals surface area contributed by atoms with Gasteiger partial charge in [0.25, 0.3) is 5.91 Å². The van der Waals surface area contributed by atoms with Crippen molar-refractivity contribution in [3.05, 3.63) is 71.3 Å². The Hall–Kier alpha value is -3.19. The molecule has 0 atom stereocenters. The lowest BCUT2D eigenvalue weighted by Crippen LogP contribution is -2.48. The van der Waals surface area contributed by atoms with Gasteiger partial charge in [0, 0.05) is 17.2 Å². The highest BCUT2D eigenvalue weighted by Gasteiger charge is 2.08. The molecule has 3 N–H and O–H groups in total. The Balaban J connectivity index is 1.85. The summed E-state index contributed by atoms with van der Waals surface area (Å²) in [5.74, 6) is -0.120. The van der Waals surface area contributed by atoms with Crippen LogP contribution in [0.3, 0.4) is 0 Å². The number of rotatable bonds is 4. The number of amides is 2. The van der Waals surface area contributed by atoms with Crippen LogP contribution in [0.5, 0.6) is 5.75 Å². The third-order valence-electron chi connectivity index (χ3n) is 3.47. The molecule has 0 spiro atoms. The Morgan fingerprint density at radius 1 is 1.04 bits per heavy atom. The number of carbonyl (C=O) groups excluding carboxylic acids is 2. The van der Waals surface area contributed by atoms with Gasteiger partial charge in [0.15, 0.2) is 5.11 Å². The van der Waals surface area contributed by atoms with Crippen LogP contribution in [0.4, 0.5) is 0 Å². The highest BCUT2D eigenvalue weighted by Crippen LogP contribution is 2.18. The van der Waals surface area contributed by atoms with Crippen molar-refractivity contribution in [1.29, 1.82) is 0 Å². The first kappa shape index (κ1) is 19.1. The van der Waals surface area contributed by atoms with Gasteiger partial charge in [0.2, 0.25) is 5.91 Å². The molecule has 2 aromatic rings. The first-order chi connectivity index (χ1) is 12.5. The number of carbonyl (C=O) groups is 2. The van der Waals surface area contributed by atoms with E-state index in [2.05, 4.69) is 16.2 Å². The van der Waals surface area contributed by atoms with Crippen LogP contribution in [-0.2, 0) is 4.79 Å². The van der Waals surface area contributed by atoms with Gasteiger partial charge in [-0.1, -0.05) is 36.4 Å². The summed E-state index contributed by atoms with van der Waals surface area (Å²) in [7, 11) is 1.56. The maximum Gasteiger partial charge on any atom is 0.269 e. The fraction of sp³-hybridized carbons (Fsp3) is 0.105. The van der Waals surface area contributed by atoms with Gasteiger partial charge in [0.1, 0.15) is 5.75 Å². The normalized spacial score (nSPS) is 10.2. The number of hydrogen-bond acceptors (Lipinski definition) is 4. The Labute approximate surface area is 157 Å². The van der Waals surface area contributed by atoms with Crippen LogP contribution in [0.25, 0.3) is 6.08 Å². The highest BCUT2D eigenvalue weighted by molar-refractivity contribution is 7.80. The van der Waals surface area contributed by atoms with E-state index in [1.165, 1.54) is 6.08 Å². The molecule has 2 aromatic carbocycles. The summed E-state index contributed by atoms with van der Waals surface area (Å²) < 4.78 is 5.21. The number of aryl methyl sites for hydroxylation is 1. The van der Waals surface area contributed by atoms with Crippen LogP contribution in [0.2, 0.25) is 0 Å². The SMILES string of the molecule is COc1ccccc1/C=C/C(=O)NC(=S)NNC(=O)c1ccccc1C. The molecule has 6 nitrogen and oxygen atoms in total. The van der Waals surface area contributed by atoms with E-state index in [0.29, 0.717) is 11.3 Å². The quantitative estimate of drug-likeness (QED) is 0.438. The molecule has 0 fully saturated rings. The number of nitrogens with one attached hydrogen (secondary N) is 3. The molecule has 0 saturated heterocycles. The van der Waals surface area contributed by atoms with E-state index in [1.807, 2.05) is 37.3 Å². The topological polar surface area (TPSA) is 79.5 Å². The predicted octanol–water partition coefficient (Wildman–Crippen LogP) is 2.35. The average Bonchev–Trinajstić information content (AvgIpc) is 2.65. The first-order valence-corrected chi connectivity index (χ1v) is 8.20. The van der Waals surface area contributed by atoms with E-state index in [9.17, 15) is 9.59 Å².